The second-order valence-electron chi connectivity index (χ2n) is 4.69. The monoisotopic (exact) mass is 264 g/mol. The van der Waals surface area contributed by atoms with Crippen molar-refractivity contribution in [1.82, 2.24) is 0 Å². The van der Waals surface area contributed by atoms with Crippen molar-refractivity contribution in [1.29, 1.82) is 0 Å². The summed E-state index contributed by atoms with van der Waals surface area (Å²) >= 11 is 0. The maximum Gasteiger partial charge on any atom is 0.305 e. The highest BCUT2D eigenvalue weighted by molar-refractivity contribution is 6.24. The number of esters is 1. The fourth-order valence-corrected chi connectivity index (χ4v) is 1.99. The second kappa shape index (κ2) is 6.45. The van der Waals surface area contributed by atoms with Gasteiger partial charge in [-0.05, 0) is 33.6 Å². The second-order valence-corrected chi connectivity index (χ2v) is 4.69. The van der Waals surface area contributed by atoms with E-state index in [0.29, 0.717) is 41.6 Å². The first-order chi connectivity index (χ1) is 8.90. The highest BCUT2D eigenvalue weighted by Crippen LogP contribution is 2.26. The molecule has 0 aromatic carbocycles. The average molecular weight is 264 g/mol. The molecular formula is C15H20O4. The van der Waals surface area contributed by atoms with Gasteiger partial charge in [-0.25, -0.2) is 0 Å². The number of ketones is 2. The van der Waals surface area contributed by atoms with Gasteiger partial charge in [0.2, 0.25) is 0 Å². The van der Waals surface area contributed by atoms with Crippen LogP contribution in [0.2, 0.25) is 0 Å². The number of rotatable bonds is 5. The molecule has 0 atom stereocenters. The van der Waals surface area contributed by atoms with Crippen LogP contribution in [0.1, 0.15) is 47.0 Å². The van der Waals surface area contributed by atoms with Gasteiger partial charge >= 0.3 is 5.97 Å². The third kappa shape index (κ3) is 3.40. The number of ether oxygens (including phenoxy) is 1. The van der Waals surface area contributed by atoms with E-state index in [2.05, 4.69) is 0 Å². The van der Waals surface area contributed by atoms with E-state index in [1.165, 1.54) is 0 Å². The predicted octanol–water partition coefficient (Wildman–Crippen LogP) is 2.52. The Morgan fingerprint density at radius 1 is 1.00 bits per heavy atom. The van der Waals surface area contributed by atoms with Crippen LogP contribution >= 0.6 is 0 Å². The lowest BCUT2D eigenvalue weighted by atomic mass is 9.84. The van der Waals surface area contributed by atoms with Crippen LogP contribution in [0.15, 0.2) is 22.3 Å². The maximum absolute atomic E-state index is 12.1. The number of carbonyl (C=O) groups is 3. The van der Waals surface area contributed by atoms with Gasteiger partial charge in [-0.3, -0.25) is 14.4 Å². The standard InChI is InChI=1S/C15H20O4/c1-5-13(16)19-8-6-7-12-11(4)14(17)9(2)10(3)15(12)18/h5-8H2,1-4H3. The van der Waals surface area contributed by atoms with Crippen molar-refractivity contribution in [3.63, 3.8) is 0 Å². The van der Waals surface area contributed by atoms with Gasteiger partial charge in [0.1, 0.15) is 0 Å². The van der Waals surface area contributed by atoms with Gasteiger partial charge in [-0.1, -0.05) is 6.92 Å². The molecule has 1 aliphatic carbocycles. The average Bonchev–Trinajstić information content (AvgIpc) is 2.41. The molecule has 0 saturated carbocycles. The SMILES string of the molecule is CCC(=O)OCCCC1=C(C)C(=O)C(C)=C(C)C1=O. The lowest BCUT2D eigenvalue weighted by Crippen LogP contribution is -2.21. The molecule has 0 fully saturated rings. The van der Waals surface area contributed by atoms with Gasteiger partial charge in [0.05, 0.1) is 6.61 Å². The molecule has 0 aromatic heterocycles. The molecule has 0 unspecified atom stereocenters. The first-order valence-corrected chi connectivity index (χ1v) is 6.52. The summed E-state index contributed by atoms with van der Waals surface area (Å²) in [5, 5.41) is 0. The molecule has 4 heteroatoms. The molecule has 0 radical (unpaired) electrons. The van der Waals surface area contributed by atoms with E-state index >= 15 is 0 Å². The molecule has 0 aromatic rings. The number of hydrogen-bond acceptors (Lipinski definition) is 4. The van der Waals surface area contributed by atoms with Crippen molar-refractivity contribution in [3.8, 4) is 0 Å². The van der Waals surface area contributed by atoms with Crippen LogP contribution in [-0.4, -0.2) is 24.1 Å². The third-order valence-electron chi connectivity index (χ3n) is 3.43. The van der Waals surface area contributed by atoms with Crippen molar-refractivity contribution in [2.24, 2.45) is 0 Å². The Labute approximate surface area is 113 Å². The molecule has 19 heavy (non-hydrogen) atoms. The Morgan fingerprint density at radius 2 is 1.58 bits per heavy atom. The quantitative estimate of drug-likeness (QED) is 0.435. The smallest absolute Gasteiger partial charge is 0.305 e. The zero-order chi connectivity index (χ0) is 14.6. The molecule has 0 saturated heterocycles. The molecule has 0 N–H and O–H groups in total. The summed E-state index contributed by atoms with van der Waals surface area (Å²) in [6.45, 7) is 7.06. The van der Waals surface area contributed by atoms with Gasteiger partial charge in [0, 0.05) is 28.7 Å². The van der Waals surface area contributed by atoms with E-state index < -0.39 is 0 Å². The van der Waals surface area contributed by atoms with E-state index in [0.717, 1.165) is 0 Å². The molecule has 0 amide bonds. The summed E-state index contributed by atoms with van der Waals surface area (Å²) < 4.78 is 4.96. The molecule has 0 aliphatic heterocycles. The molecule has 1 aliphatic rings. The van der Waals surface area contributed by atoms with Gasteiger partial charge in [-0.2, -0.15) is 0 Å². The van der Waals surface area contributed by atoms with E-state index in [-0.39, 0.29) is 24.1 Å². The van der Waals surface area contributed by atoms with Crippen LogP contribution in [-0.2, 0) is 19.1 Å². The normalized spacial score (nSPS) is 16.2. The van der Waals surface area contributed by atoms with Crippen molar-refractivity contribution >= 4 is 17.5 Å². The Hall–Kier alpha value is -1.71. The van der Waals surface area contributed by atoms with E-state index in [4.69, 9.17) is 4.74 Å². The number of hydrogen-bond donors (Lipinski definition) is 0. The van der Waals surface area contributed by atoms with Crippen LogP contribution < -0.4 is 0 Å². The number of allylic oxidation sites excluding steroid dienone is 4. The maximum atomic E-state index is 12.1. The summed E-state index contributed by atoms with van der Waals surface area (Å²) in [6.07, 6.45) is 1.38. The summed E-state index contributed by atoms with van der Waals surface area (Å²) in [6, 6.07) is 0. The lowest BCUT2D eigenvalue weighted by molar-refractivity contribution is -0.143. The Balaban J connectivity index is 2.65. The molecule has 104 valence electrons. The Kier molecular flexibility index (Phi) is 5.21. The van der Waals surface area contributed by atoms with Crippen molar-refractivity contribution in [3.05, 3.63) is 22.3 Å². The van der Waals surface area contributed by atoms with Crippen LogP contribution in [0.4, 0.5) is 0 Å². The van der Waals surface area contributed by atoms with Crippen LogP contribution in [0.25, 0.3) is 0 Å². The van der Waals surface area contributed by atoms with E-state index in [1.54, 1.807) is 27.7 Å². The zero-order valence-electron chi connectivity index (χ0n) is 12.0. The third-order valence-corrected chi connectivity index (χ3v) is 3.43. The Morgan fingerprint density at radius 3 is 2.16 bits per heavy atom. The molecular weight excluding hydrogens is 244 g/mol. The summed E-state index contributed by atoms with van der Waals surface area (Å²) in [5.41, 5.74) is 2.13. The molecule has 0 heterocycles. The lowest BCUT2D eigenvalue weighted by Gasteiger charge is -2.18. The minimum Gasteiger partial charge on any atom is -0.466 e. The highest BCUT2D eigenvalue weighted by atomic mass is 16.5. The van der Waals surface area contributed by atoms with Gasteiger partial charge < -0.3 is 4.74 Å². The fourth-order valence-electron chi connectivity index (χ4n) is 1.99. The van der Waals surface area contributed by atoms with Crippen molar-refractivity contribution in [2.75, 3.05) is 6.61 Å². The summed E-state index contributed by atoms with van der Waals surface area (Å²) in [7, 11) is 0. The minimum atomic E-state index is -0.247. The number of Topliss-reactive ketones (excluding diaryl/α,β-unsaturated/α-hetero) is 2. The fraction of sp³-hybridized carbons (Fsp3) is 0.533. The number of carbonyl (C=O) groups excluding carboxylic acids is 3. The van der Waals surface area contributed by atoms with E-state index in [1.807, 2.05) is 0 Å². The van der Waals surface area contributed by atoms with Gasteiger partial charge in [-0.15, -0.1) is 0 Å². The van der Waals surface area contributed by atoms with Gasteiger partial charge in [0.25, 0.3) is 0 Å². The first kappa shape index (κ1) is 15.3. The zero-order valence-corrected chi connectivity index (χ0v) is 12.0. The van der Waals surface area contributed by atoms with Crippen LogP contribution in [0.3, 0.4) is 0 Å². The first-order valence-electron chi connectivity index (χ1n) is 6.52. The van der Waals surface area contributed by atoms with Crippen molar-refractivity contribution < 1.29 is 19.1 Å². The van der Waals surface area contributed by atoms with Gasteiger partial charge in [0.15, 0.2) is 11.6 Å². The summed E-state index contributed by atoms with van der Waals surface area (Å²) in [4.78, 5) is 35.0. The largest absolute Gasteiger partial charge is 0.466 e. The van der Waals surface area contributed by atoms with Crippen LogP contribution in [0, 0.1) is 0 Å². The minimum absolute atomic E-state index is 0.0577. The molecule has 1 rings (SSSR count). The van der Waals surface area contributed by atoms with E-state index in [9.17, 15) is 14.4 Å². The molecule has 0 bridgehead atoms. The molecule has 0 spiro atoms. The topological polar surface area (TPSA) is 60.4 Å². The Bertz CT molecular complexity index is 480. The van der Waals surface area contributed by atoms with Crippen LogP contribution in [0.5, 0.6) is 0 Å². The molecule has 4 nitrogen and oxygen atoms in total. The van der Waals surface area contributed by atoms with Crippen molar-refractivity contribution in [2.45, 2.75) is 47.0 Å². The predicted molar refractivity (Wildman–Crippen MR) is 71.6 cm³/mol. The summed E-state index contributed by atoms with van der Waals surface area (Å²) in [5.74, 6) is -0.363. The highest BCUT2D eigenvalue weighted by Gasteiger charge is 2.27.